The third kappa shape index (κ3) is 3.42. The molecule has 21 heavy (non-hydrogen) atoms. The Labute approximate surface area is 128 Å². The van der Waals surface area contributed by atoms with Crippen molar-refractivity contribution < 1.29 is 19.6 Å². The first-order valence-corrected chi connectivity index (χ1v) is 6.28. The maximum absolute atomic E-state index is 10.8. The number of nitro benzene ring substituents is 1. The quantitative estimate of drug-likeness (QED) is 0.664. The van der Waals surface area contributed by atoms with Crippen LogP contribution in [0.4, 0.5) is 5.69 Å². The molecule has 0 aromatic heterocycles. The van der Waals surface area contributed by atoms with E-state index in [9.17, 15) is 14.9 Å². The van der Waals surface area contributed by atoms with Crippen molar-refractivity contribution in [1.82, 2.24) is 0 Å². The maximum atomic E-state index is 10.8. The molecule has 0 aliphatic rings. The van der Waals surface area contributed by atoms with Crippen molar-refractivity contribution in [2.24, 2.45) is 0 Å². The zero-order chi connectivity index (χ0) is 15.6. The largest absolute Gasteiger partial charge is 0.478 e. The van der Waals surface area contributed by atoms with Gasteiger partial charge in [0.05, 0.1) is 20.5 Å². The van der Waals surface area contributed by atoms with Gasteiger partial charge in [-0.1, -0.05) is 23.2 Å². The molecule has 6 nitrogen and oxygen atoms in total. The summed E-state index contributed by atoms with van der Waals surface area (Å²) in [5.74, 6) is -0.693. The van der Waals surface area contributed by atoms with Crippen molar-refractivity contribution in [2.45, 2.75) is 0 Å². The van der Waals surface area contributed by atoms with Gasteiger partial charge in [0.15, 0.2) is 0 Å². The Bertz CT molecular complexity index is 732. The van der Waals surface area contributed by atoms with Crippen LogP contribution in [0.25, 0.3) is 0 Å². The summed E-state index contributed by atoms with van der Waals surface area (Å²) >= 11 is 11.7. The molecular weight excluding hydrogens is 321 g/mol. The fourth-order valence-corrected chi connectivity index (χ4v) is 2.01. The van der Waals surface area contributed by atoms with Crippen LogP contribution in [-0.2, 0) is 0 Å². The number of nitrogens with zero attached hydrogens (tertiary/aromatic N) is 1. The van der Waals surface area contributed by atoms with E-state index in [1.165, 1.54) is 30.3 Å². The molecule has 0 radical (unpaired) electrons. The Kier molecular flexibility index (Phi) is 4.30. The summed E-state index contributed by atoms with van der Waals surface area (Å²) < 4.78 is 5.43. The lowest BCUT2D eigenvalue weighted by Crippen LogP contribution is -1.97. The van der Waals surface area contributed by atoms with Gasteiger partial charge in [-0.25, -0.2) is 4.79 Å². The number of carbonyl (C=O) groups is 1. The average molecular weight is 328 g/mol. The number of hydrogen-bond donors (Lipinski definition) is 1. The molecule has 0 saturated carbocycles. The van der Waals surface area contributed by atoms with Crippen molar-refractivity contribution in [3.63, 3.8) is 0 Å². The van der Waals surface area contributed by atoms with Crippen LogP contribution in [0.3, 0.4) is 0 Å². The molecule has 0 heterocycles. The van der Waals surface area contributed by atoms with Crippen LogP contribution in [0.15, 0.2) is 36.4 Å². The zero-order valence-corrected chi connectivity index (χ0v) is 11.8. The normalized spacial score (nSPS) is 10.2. The molecule has 2 aromatic rings. The van der Waals surface area contributed by atoms with E-state index >= 15 is 0 Å². The highest BCUT2D eigenvalue weighted by Crippen LogP contribution is 2.33. The standard InChI is InChI=1S/C13H7Cl2NO5/c14-10-6-8(2-3-9(10)13(17)18)21-12-4-1-7(16(19)20)5-11(12)15/h1-6H,(H,17,18). The molecule has 0 aliphatic carbocycles. The van der Waals surface area contributed by atoms with Gasteiger partial charge in [0, 0.05) is 18.2 Å². The molecule has 1 N–H and O–H groups in total. The summed E-state index contributed by atoms with van der Waals surface area (Å²) in [6, 6.07) is 7.77. The molecular formula is C13H7Cl2NO5. The minimum Gasteiger partial charge on any atom is -0.478 e. The number of nitro groups is 1. The van der Waals surface area contributed by atoms with E-state index in [2.05, 4.69) is 0 Å². The molecule has 0 fully saturated rings. The Morgan fingerprint density at radius 1 is 1.14 bits per heavy atom. The van der Waals surface area contributed by atoms with E-state index in [0.717, 1.165) is 6.07 Å². The molecule has 108 valence electrons. The second-order valence-corrected chi connectivity index (χ2v) is 4.74. The van der Waals surface area contributed by atoms with Gasteiger partial charge in [-0.2, -0.15) is 0 Å². The Balaban J connectivity index is 2.28. The zero-order valence-electron chi connectivity index (χ0n) is 10.2. The first-order valence-electron chi connectivity index (χ1n) is 5.53. The average Bonchev–Trinajstić information content (AvgIpc) is 2.40. The number of aromatic carboxylic acids is 1. The monoisotopic (exact) mass is 327 g/mol. The highest BCUT2D eigenvalue weighted by molar-refractivity contribution is 6.33. The van der Waals surface area contributed by atoms with Gasteiger partial charge in [-0.15, -0.1) is 0 Å². The summed E-state index contributed by atoms with van der Waals surface area (Å²) in [6.07, 6.45) is 0. The molecule has 0 atom stereocenters. The van der Waals surface area contributed by atoms with Gasteiger partial charge in [0.25, 0.3) is 5.69 Å². The van der Waals surface area contributed by atoms with Gasteiger partial charge in [-0.3, -0.25) is 10.1 Å². The van der Waals surface area contributed by atoms with E-state index in [0.29, 0.717) is 0 Å². The molecule has 2 aromatic carbocycles. The number of ether oxygens (including phenoxy) is 1. The highest BCUT2D eigenvalue weighted by atomic mass is 35.5. The van der Waals surface area contributed by atoms with E-state index in [4.69, 9.17) is 33.0 Å². The predicted molar refractivity (Wildman–Crippen MR) is 76.6 cm³/mol. The first kappa shape index (κ1) is 15.1. The van der Waals surface area contributed by atoms with Crippen molar-refractivity contribution in [3.8, 4) is 11.5 Å². The van der Waals surface area contributed by atoms with Crippen molar-refractivity contribution in [1.29, 1.82) is 0 Å². The van der Waals surface area contributed by atoms with Crippen molar-refractivity contribution >= 4 is 34.9 Å². The highest BCUT2D eigenvalue weighted by Gasteiger charge is 2.13. The smallest absolute Gasteiger partial charge is 0.337 e. The number of carboxylic acid groups (broad SMARTS) is 1. The van der Waals surface area contributed by atoms with Crippen molar-refractivity contribution in [3.05, 3.63) is 62.1 Å². The predicted octanol–water partition coefficient (Wildman–Crippen LogP) is 4.39. The Hall–Kier alpha value is -2.31. The van der Waals surface area contributed by atoms with Crippen LogP contribution >= 0.6 is 23.2 Å². The third-order valence-corrected chi connectivity index (χ3v) is 3.13. The summed E-state index contributed by atoms with van der Waals surface area (Å²) in [4.78, 5) is 20.9. The SMILES string of the molecule is O=C(O)c1ccc(Oc2ccc([N+](=O)[O-])cc2Cl)cc1Cl. The minimum absolute atomic E-state index is 0.0121. The van der Waals surface area contributed by atoms with E-state index < -0.39 is 10.9 Å². The summed E-state index contributed by atoms with van der Waals surface area (Å²) in [7, 11) is 0. The van der Waals surface area contributed by atoms with Crippen LogP contribution < -0.4 is 4.74 Å². The molecule has 0 amide bonds. The number of halogens is 2. The van der Waals surface area contributed by atoms with Gasteiger partial charge in [-0.05, 0) is 18.2 Å². The number of hydrogen-bond acceptors (Lipinski definition) is 4. The fraction of sp³-hybridized carbons (Fsp3) is 0. The first-order chi connectivity index (χ1) is 9.88. The lowest BCUT2D eigenvalue weighted by molar-refractivity contribution is -0.384. The van der Waals surface area contributed by atoms with E-state index in [-0.39, 0.29) is 32.8 Å². The van der Waals surface area contributed by atoms with Gasteiger partial charge in [0.2, 0.25) is 0 Å². The second kappa shape index (κ2) is 5.99. The molecule has 8 heteroatoms. The lowest BCUT2D eigenvalue weighted by atomic mass is 10.2. The molecule has 0 bridgehead atoms. The number of carboxylic acids is 1. The van der Waals surface area contributed by atoms with Crippen LogP contribution in [0, 0.1) is 10.1 Å². The van der Waals surface area contributed by atoms with Gasteiger partial charge < -0.3 is 9.84 Å². The van der Waals surface area contributed by atoms with E-state index in [1.807, 2.05) is 0 Å². The maximum Gasteiger partial charge on any atom is 0.337 e. The lowest BCUT2D eigenvalue weighted by Gasteiger charge is -2.08. The minimum atomic E-state index is -1.15. The summed E-state index contributed by atoms with van der Waals surface area (Å²) in [5.41, 5.74) is -0.217. The van der Waals surface area contributed by atoms with Gasteiger partial charge >= 0.3 is 5.97 Å². The molecule has 2 rings (SSSR count). The molecule has 0 aliphatic heterocycles. The topological polar surface area (TPSA) is 89.7 Å². The van der Waals surface area contributed by atoms with Crippen LogP contribution in [0.1, 0.15) is 10.4 Å². The molecule has 0 saturated heterocycles. The van der Waals surface area contributed by atoms with Crippen LogP contribution in [0.5, 0.6) is 11.5 Å². The number of non-ortho nitro benzene ring substituents is 1. The number of benzene rings is 2. The van der Waals surface area contributed by atoms with Crippen LogP contribution in [-0.4, -0.2) is 16.0 Å². The molecule has 0 unspecified atom stereocenters. The third-order valence-electron chi connectivity index (χ3n) is 2.53. The van der Waals surface area contributed by atoms with Crippen molar-refractivity contribution in [2.75, 3.05) is 0 Å². The summed E-state index contributed by atoms with van der Waals surface area (Å²) in [6.45, 7) is 0. The fourth-order valence-electron chi connectivity index (χ4n) is 1.55. The Morgan fingerprint density at radius 3 is 2.38 bits per heavy atom. The van der Waals surface area contributed by atoms with Crippen LogP contribution in [0.2, 0.25) is 10.0 Å². The van der Waals surface area contributed by atoms with Gasteiger partial charge in [0.1, 0.15) is 11.5 Å². The van der Waals surface area contributed by atoms with E-state index in [1.54, 1.807) is 0 Å². The Morgan fingerprint density at radius 2 is 1.86 bits per heavy atom. The summed E-state index contributed by atoms with van der Waals surface area (Å²) in [5, 5.41) is 19.5. The second-order valence-electron chi connectivity index (χ2n) is 3.92. The molecule has 0 spiro atoms. The number of rotatable bonds is 4.